The second-order valence-corrected chi connectivity index (χ2v) is 11.0. The maximum Gasteiger partial charge on any atom is 0.250 e. The first kappa shape index (κ1) is 29.5. The van der Waals surface area contributed by atoms with E-state index in [1.165, 1.54) is 0 Å². The molecule has 4 N–H and O–H groups in total. The van der Waals surface area contributed by atoms with Gasteiger partial charge in [0, 0.05) is 32.3 Å². The summed E-state index contributed by atoms with van der Waals surface area (Å²) in [7, 11) is 0. The summed E-state index contributed by atoms with van der Waals surface area (Å²) in [6.07, 6.45) is 2.20. The van der Waals surface area contributed by atoms with E-state index in [4.69, 9.17) is 0 Å². The number of hydrogen-bond donors (Lipinski definition) is 4. The third-order valence-corrected chi connectivity index (χ3v) is 7.59. The number of hydrogen-bond acceptors (Lipinski definition) is 7. The highest BCUT2D eigenvalue weighted by atomic mass is 16.3. The Morgan fingerprint density at radius 3 is 2.58 bits per heavy atom. The summed E-state index contributed by atoms with van der Waals surface area (Å²) >= 11 is 0. The van der Waals surface area contributed by atoms with Crippen LogP contribution in [0, 0.1) is 5.92 Å². The molecule has 2 aliphatic heterocycles. The minimum Gasteiger partial charge on any atom is -0.392 e. The molecule has 1 fully saturated rings. The van der Waals surface area contributed by atoms with Crippen LogP contribution in [0.3, 0.4) is 0 Å². The van der Waals surface area contributed by atoms with Gasteiger partial charge in [-0.05, 0) is 56.4 Å². The highest BCUT2D eigenvalue weighted by molar-refractivity contribution is 6.05. The summed E-state index contributed by atoms with van der Waals surface area (Å²) in [5.41, 5.74) is 3.55. The summed E-state index contributed by atoms with van der Waals surface area (Å²) < 4.78 is 0. The van der Waals surface area contributed by atoms with Crippen LogP contribution in [-0.4, -0.2) is 71.7 Å². The number of aliphatic hydroxyl groups excluding tert-OH is 1. The van der Waals surface area contributed by atoms with Crippen LogP contribution in [0.5, 0.6) is 0 Å². The fourth-order valence-corrected chi connectivity index (χ4v) is 5.57. The van der Waals surface area contributed by atoms with Gasteiger partial charge < -0.3 is 30.9 Å². The number of pyridine rings is 1. The van der Waals surface area contributed by atoms with Crippen LogP contribution >= 0.6 is 0 Å². The highest BCUT2D eigenvalue weighted by Gasteiger charge is 2.38. The molecule has 1 aromatic heterocycles. The molecule has 4 rings (SSSR count). The highest BCUT2D eigenvalue weighted by Crippen LogP contribution is 2.38. The summed E-state index contributed by atoms with van der Waals surface area (Å²) in [6.45, 7) is 10.3. The number of nitrogens with one attached hydrogen (secondary N) is 3. The monoisotopic (exact) mass is 550 g/mol. The van der Waals surface area contributed by atoms with Gasteiger partial charge in [0.2, 0.25) is 17.7 Å². The fourth-order valence-electron chi connectivity index (χ4n) is 5.57. The number of aromatic nitrogens is 1. The van der Waals surface area contributed by atoms with E-state index in [1.807, 2.05) is 50.2 Å². The van der Waals surface area contributed by atoms with Gasteiger partial charge in [-0.15, -0.1) is 0 Å². The molecule has 1 aromatic carbocycles. The molecule has 2 aliphatic rings. The van der Waals surface area contributed by atoms with E-state index in [0.29, 0.717) is 25.8 Å². The predicted octanol–water partition coefficient (Wildman–Crippen LogP) is 1.76. The Kier molecular flexibility index (Phi) is 9.76. The number of aliphatic hydroxyl groups is 1. The Balaban J connectivity index is 1.60. The SMILES string of the molecule is CCN(CC)c1cccc2c1N(Cc1ccccn1)C(=O)C(NC(=O)[C@@H](CC(C)C)NC(=O)C1CC(O)CN1)C2. The second-order valence-electron chi connectivity index (χ2n) is 11.0. The van der Waals surface area contributed by atoms with Crippen molar-refractivity contribution in [1.82, 2.24) is 20.9 Å². The van der Waals surface area contributed by atoms with Crippen molar-refractivity contribution >= 4 is 29.1 Å². The average molecular weight is 551 g/mol. The molecule has 3 unspecified atom stereocenters. The number of β-amino-alcohol motifs (C(OH)–C–C–N with tert-alkyl or cyclic N) is 1. The van der Waals surface area contributed by atoms with Crippen molar-refractivity contribution in [2.45, 2.75) is 77.7 Å². The maximum absolute atomic E-state index is 14.0. The smallest absolute Gasteiger partial charge is 0.250 e. The van der Waals surface area contributed by atoms with Crippen LogP contribution in [0.2, 0.25) is 0 Å². The largest absolute Gasteiger partial charge is 0.392 e. The average Bonchev–Trinajstić information content (AvgIpc) is 3.38. The van der Waals surface area contributed by atoms with Crippen LogP contribution in [0.15, 0.2) is 42.6 Å². The van der Waals surface area contributed by atoms with E-state index < -0.39 is 24.2 Å². The quantitative estimate of drug-likeness (QED) is 0.336. The molecule has 10 nitrogen and oxygen atoms in total. The molecule has 0 bridgehead atoms. The lowest BCUT2D eigenvalue weighted by molar-refractivity contribution is -0.132. The number of rotatable bonds is 11. The second kappa shape index (κ2) is 13.2. The minimum atomic E-state index is -0.799. The molecule has 40 heavy (non-hydrogen) atoms. The van der Waals surface area contributed by atoms with E-state index >= 15 is 0 Å². The summed E-state index contributed by atoms with van der Waals surface area (Å²) in [6, 6.07) is 9.52. The zero-order valence-electron chi connectivity index (χ0n) is 23.9. The van der Waals surface area contributed by atoms with Gasteiger partial charge in [0.05, 0.1) is 35.8 Å². The predicted molar refractivity (Wildman–Crippen MR) is 155 cm³/mol. The van der Waals surface area contributed by atoms with Crippen molar-refractivity contribution in [3.05, 3.63) is 53.9 Å². The molecule has 216 valence electrons. The van der Waals surface area contributed by atoms with Crippen LogP contribution in [0.25, 0.3) is 0 Å². The third-order valence-electron chi connectivity index (χ3n) is 7.59. The Hall–Kier alpha value is -3.50. The zero-order valence-corrected chi connectivity index (χ0v) is 23.9. The Morgan fingerprint density at radius 1 is 1.18 bits per heavy atom. The lowest BCUT2D eigenvalue weighted by Crippen LogP contribution is -2.58. The molecule has 0 saturated carbocycles. The van der Waals surface area contributed by atoms with Crippen LogP contribution < -0.4 is 25.8 Å². The van der Waals surface area contributed by atoms with Gasteiger partial charge in [-0.2, -0.15) is 0 Å². The lowest BCUT2D eigenvalue weighted by Gasteiger charge is -2.38. The zero-order chi connectivity index (χ0) is 28.8. The van der Waals surface area contributed by atoms with E-state index in [9.17, 15) is 19.5 Å². The van der Waals surface area contributed by atoms with E-state index in [0.717, 1.165) is 35.7 Å². The Bertz CT molecular complexity index is 1190. The molecule has 3 amide bonds. The topological polar surface area (TPSA) is 127 Å². The van der Waals surface area contributed by atoms with Gasteiger partial charge in [0.15, 0.2) is 0 Å². The third kappa shape index (κ3) is 6.79. The van der Waals surface area contributed by atoms with Gasteiger partial charge >= 0.3 is 0 Å². The molecule has 0 radical (unpaired) electrons. The van der Waals surface area contributed by atoms with E-state index in [2.05, 4.69) is 39.7 Å². The Labute approximate surface area is 236 Å². The number of carbonyl (C=O) groups is 3. The van der Waals surface area contributed by atoms with Crippen molar-refractivity contribution in [1.29, 1.82) is 0 Å². The molecule has 10 heteroatoms. The number of para-hydroxylation sites is 1. The lowest BCUT2D eigenvalue weighted by atomic mass is 9.94. The normalized spacial score (nSPS) is 21.2. The first-order valence-corrected chi connectivity index (χ1v) is 14.3. The van der Waals surface area contributed by atoms with Gasteiger partial charge in [0.1, 0.15) is 12.1 Å². The molecule has 3 heterocycles. The first-order valence-electron chi connectivity index (χ1n) is 14.3. The molecule has 2 aromatic rings. The van der Waals surface area contributed by atoms with Crippen molar-refractivity contribution in [2.75, 3.05) is 29.4 Å². The maximum atomic E-state index is 14.0. The molecule has 0 spiro atoms. The van der Waals surface area contributed by atoms with Crippen molar-refractivity contribution < 1.29 is 19.5 Å². The number of anilines is 2. The van der Waals surface area contributed by atoms with Crippen LogP contribution in [-0.2, 0) is 27.3 Å². The Morgan fingerprint density at radius 2 is 1.95 bits per heavy atom. The summed E-state index contributed by atoms with van der Waals surface area (Å²) in [5, 5.41) is 18.6. The first-order chi connectivity index (χ1) is 19.2. The number of nitrogens with zero attached hydrogens (tertiary/aromatic N) is 3. The van der Waals surface area contributed by atoms with Crippen molar-refractivity contribution in [3.8, 4) is 0 Å². The molecule has 0 aliphatic carbocycles. The fraction of sp³-hybridized carbons (Fsp3) is 0.533. The molecule has 4 atom stereocenters. The van der Waals surface area contributed by atoms with Crippen molar-refractivity contribution in [3.63, 3.8) is 0 Å². The number of fused-ring (bicyclic) bond motifs is 1. The number of amides is 3. The van der Waals surface area contributed by atoms with Crippen LogP contribution in [0.4, 0.5) is 11.4 Å². The standard InChI is InChI=1S/C30H42N6O4/c1-5-35(6-2)26-12-9-10-20-15-25(30(40)36(27(20)26)18-21-11-7-8-13-31-21)34-29(39)24(14-19(3)4)33-28(38)23-16-22(37)17-32-23/h7-13,19,22-25,32,37H,5-6,14-18H2,1-4H3,(H,33,38)(H,34,39)/t22?,23?,24-,25?/m1/s1. The van der Waals surface area contributed by atoms with Gasteiger partial charge in [-0.25, -0.2) is 0 Å². The van der Waals surface area contributed by atoms with E-state index in [-0.39, 0.29) is 30.2 Å². The van der Waals surface area contributed by atoms with Gasteiger partial charge in [0.25, 0.3) is 0 Å². The van der Waals surface area contributed by atoms with Crippen LogP contribution in [0.1, 0.15) is 51.8 Å². The van der Waals surface area contributed by atoms with Gasteiger partial charge in [-0.1, -0.05) is 32.0 Å². The number of benzene rings is 1. The molecule has 1 saturated heterocycles. The number of carbonyl (C=O) groups excluding carboxylic acids is 3. The van der Waals surface area contributed by atoms with Gasteiger partial charge in [-0.3, -0.25) is 19.4 Å². The van der Waals surface area contributed by atoms with Crippen molar-refractivity contribution in [2.24, 2.45) is 5.92 Å². The molecular weight excluding hydrogens is 508 g/mol. The molecular formula is C30H42N6O4. The van der Waals surface area contributed by atoms with E-state index in [1.54, 1.807) is 11.1 Å². The summed E-state index contributed by atoms with van der Waals surface area (Å²) in [4.78, 5) is 48.9. The summed E-state index contributed by atoms with van der Waals surface area (Å²) in [5.74, 6) is -0.780. The minimum absolute atomic E-state index is 0.137.